The Morgan fingerprint density at radius 2 is 2.21 bits per heavy atom. The van der Waals surface area contributed by atoms with Crippen molar-refractivity contribution in [2.75, 3.05) is 20.3 Å². The van der Waals surface area contributed by atoms with Crippen LogP contribution in [0.5, 0.6) is 0 Å². The molecule has 1 atom stereocenters. The van der Waals surface area contributed by atoms with Crippen molar-refractivity contribution >= 4 is 5.91 Å². The predicted octanol–water partition coefficient (Wildman–Crippen LogP) is 3.00. The Morgan fingerprint density at radius 1 is 1.42 bits per heavy atom. The Morgan fingerprint density at radius 3 is 2.95 bits per heavy atom. The predicted molar refractivity (Wildman–Crippen MR) is 76.1 cm³/mol. The molecule has 0 spiro atoms. The number of nitrogens with zero attached hydrogens (tertiary/aromatic N) is 1. The molecule has 3 nitrogen and oxygen atoms in total. The van der Waals surface area contributed by atoms with Gasteiger partial charge < -0.3 is 9.64 Å². The average Bonchev–Trinajstić information content (AvgIpc) is 2.88. The van der Waals surface area contributed by atoms with Gasteiger partial charge in [-0.25, -0.2) is 0 Å². The fraction of sp³-hybridized carbons (Fsp3) is 0.562. The highest BCUT2D eigenvalue weighted by molar-refractivity contribution is 5.77. The summed E-state index contributed by atoms with van der Waals surface area (Å²) in [4.78, 5) is 14.3. The van der Waals surface area contributed by atoms with Crippen LogP contribution in [0.25, 0.3) is 0 Å². The third kappa shape index (κ3) is 2.98. The molecular weight excluding hydrogens is 238 g/mol. The van der Waals surface area contributed by atoms with Gasteiger partial charge in [0.2, 0.25) is 5.91 Å². The average molecular weight is 261 g/mol. The first-order valence-corrected chi connectivity index (χ1v) is 6.99. The fourth-order valence-electron chi connectivity index (χ4n) is 2.86. The standard InChI is InChI=1S/C16H23NO2/c1-12-6-4-7-14(13(12)2)15-8-5-10-17(15)16(18)9-11-19-3/h4,6-7,15H,5,8-11H2,1-3H3/t15-/m1/s1. The lowest BCUT2D eigenvalue weighted by molar-refractivity contribution is -0.133. The van der Waals surface area contributed by atoms with E-state index in [4.69, 9.17) is 4.74 Å². The van der Waals surface area contributed by atoms with Gasteiger partial charge in [-0.3, -0.25) is 4.79 Å². The third-order valence-corrected chi connectivity index (χ3v) is 4.10. The maximum Gasteiger partial charge on any atom is 0.225 e. The normalized spacial score (nSPS) is 18.9. The molecule has 1 saturated heterocycles. The molecule has 0 aliphatic carbocycles. The zero-order chi connectivity index (χ0) is 13.8. The summed E-state index contributed by atoms with van der Waals surface area (Å²) in [5, 5.41) is 0. The van der Waals surface area contributed by atoms with Crippen molar-refractivity contribution in [1.29, 1.82) is 0 Å². The minimum absolute atomic E-state index is 0.213. The van der Waals surface area contributed by atoms with E-state index >= 15 is 0 Å². The van der Waals surface area contributed by atoms with E-state index in [-0.39, 0.29) is 11.9 Å². The largest absolute Gasteiger partial charge is 0.384 e. The number of hydrogen-bond donors (Lipinski definition) is 0. The van der Waals surface area contributed by atoms with Crippen molar-refractivity contribution in [1.82, 2.24) is 4.90 Å². The molecule has 0 bridgehead atoms. The van der Waals surface area contributed by atoms with E-state index in [1.807, 2.05) is 4.90 Å². The van der Waals surface area contributed by atoms with Gasteiger partial charge in [0, 0.05) is 13.7 Å². The molecule has 1 aromatic rings. The summed E-state index contributed by atoms with van der Waals surface area (Å²) in [5.74, 6) is 0.213. The van der Waals surface area contributed by atoms with Gasteiger partial charge in [-0.1, -0.05) is 18.2 Å². The van der Waals surface area contributed by atoms with Crippen molar-refractivity contribution in [3.05, 3.63) is 34.9 Å². The Balaban J connectivity index is 2.18. The highest BCUT2D eigenvalue weighted by Crippen LogP contribution is 2.34. The molecule has 1 aromatic carbocycles. The molecule has 1 fully saturated rings. The first-order chi connectivity index (χ1) is 9.15. The van der Waals surface area contributed by atoms with Crippen LogP contribution < -0.4 is 0 Å². The van der Waals surface area contributed by atoms with E-state index in [9.17, 15) is 4.79 Å². The Hall–Kier alpha value is -1.35. The van der Waals surface area contributed by atoms with Crippen LogP contribution in [0.15, 0.2) is 18.2 Å². The first kappa shape index (κ1) is 14.1. The number of rotatable bonds is 4. The number of methoxy groups -OCH3 is 1. The lowest BCUT2D eigenvalue weighted by Gasteiger charge is -2.27. The van der Waals surface area contributed by atoms with Crippen molar-refractivity contribution in [2.24, 2.45) is 0 Å². The molecule has 3 heteroatoms. The van der Waals surface area contributed by atoms with E-state index in [1.165, 1.54) is 16.7 Å². The molecule has 2 rings (SSSR count). The van der Waals surface area contributed by atoms with Crippen LogP contribution in [-0.2, 0) is 9.53 Å². The summed E-state index contributed by atoms with van der Waals surface area (Å²) in [6.07, 6.45) is 2.65. The molecule has 1 aliphatic heterocycles. The summed E-state index contributed by atoms with van der Waals surface area (Å²) in [5.41, 5.74) is 3.93. The zero-order valence-electron chi connectivity index (χ0n) is 12.1. The van der Waals surface area contributed by atoms with Crippen LogP contribution in [0.1, 0.15) is 42.0 Å². The van der Waals surface area contributed by atoms with E-state index in [2.05, 4.69) is 32.0 Å². The number of hydrogen-bond acceptors (Lipinski definition) is 2. The van der Waals surface area contributed by atoms with Gasteiger partial charge in [0.25, 0.3) is 0 Å². The first-order valence-electron chi connectivity index (χ1n) is 6.99. The summed E-state index contributed by atoms with van der Waals surface area (Å²) in [7, 11) is 1.64. The number of likely N-dealkylation sites (tertiary alicyclic amines) is 1. The minimum Gasteiger partial charge on any atom is -0.384 e. The fourth-order valence-corrected chi connectivity index (χ4v) is 2.86. The molecule has 0 saturated carbocycles. The topological polar surface area (TPSA) is 29.5 Å². The molecule has 0 radical (unpaired) electrons. The number of carbonyl (C=O) groups excluding carboxylic acids is 1. The second-order valence-corrected chi connectivity index (χ2v) is 5.28. The van der Waals surface area contributed by atoms with Gasteiger partial charge in [0.15, 0.2) is 0 Å². The quantitative estimate of drug-likeness (QED) is 0.834. The van der Waals surface area contributed by atoms with E-state index in [0.29, 0.717) is 13.0 Å². The van der Waals surface area contributed by atoms with Gasteiger partial charge in [-0.2, -0.15) is 0 Å². The highest BCUT2D eigenvalue weighted by atomic mass is 16.5. The molecule has 104 valence electrons. The Bertz CT molecular complexity index is 456. The van der Waals surface area contributed by atoms with Crippen LogP contribution in [0.4, 0.5) is 0 Å². The number of amides is 1. The molecule has 1 aliphatic rings. The second kappa shape index (κ2) is 6.20. The van der Waals surface area contributed by atoms with Gasteiger partial charge in [-0.05, 0) is 43.4 Å². The number of carbonyl (C=O) groups is 1. The smallest absolute Gasteiger partial charge is 0.225 e. The number of benzene rings is 1. The van der Waals surface area contributed by atoms with Crippen LogP contribution in [-0.4, -0.2) is 31.1 Å². The van der Waals surface area contributed by atoms with Gasteiger partial charge in [-0.15, -0.1) is 0 Å². The number of aryl methyl sites for hydroxylation is 1. The lowest BCUT2D eigenvalue weighted by atomic mass is 9.96. The molecular formula is C16H23NO2. The van der Waals surface area contributed by atoms with Gasteiger partial charge in [0.05, 0.1) is 19.1 Å². The van der Waals surface area contributed by atoms with Crippen molar-refractivity contribution < 1.29 is 9.53 Å². The van der Waals surface area contributed by atoms with Crippen molar-refractivity contribution in [2.45, 2.75) is 39.2 Å². The molecule has 0 N–H and O–H groups in total. The lowest BCUT2D eigenvalue weighted by Crippen LogP contribution is -2.31. The Kier molecular flexibility index (Phi) is 4.59. The second-order valence-electron chi connectivity index (χ2n) is 5.28. The summed E-state index contributed by atoms with van der Waals surface area (Å²) < 4.78 is 5.01. The van der Waals surface area contributed by atoms with Crippen LogP contribution in [0, 0.1) is 13.8 Å². The summed E-state index contributed by atoms with van der Waals surface area (Å²) in [6.45, 7) is 5.67. The zero-order valence-corrected chi connectivity index (χ0v) is 12.1. The van der Waals surface area contributed by atoms with Crippen molar-refractivity contribution in [3.63, 3.8) is 0 Å². The maximum absolute atomic E-state index is 12.2. The number of ether oxygens (including phenoxy) is 1. The molecule has 1 amide bonds. The molecule has 19 heavy (non-hydrogen) atoms. The minimum atomic E-state index is 0.213. The van der Waals surface area contributed by atoms with E-state index in [1.54, 1.807) is 7.11 Å². The van der Waals surface area contributed by atoms with Crippen LogP contribution in [0.2, 0.25) is 0 Å². The highest BCUT2D eigenvalue weighted by Gasteiger charge is 2.30. The van der Waals surface area contributed by atoms with E-state index in [0.717, 1.165) is 19.4 Å². The van der Waals surface area contributed by atoms with Crippen molar-refractivity contribution in [3.8, 4) is 0 Å². The summed E-state index contributed by atoms with van der Waals surface area (Å²) >= 11 is 0. The molecule has 1 heterocycles. The maximum atomic E-state index is 12.2. The van der Waals surface area contributed by atoms with Gasteiger partial charge >= 0.3 is 0 Å². The molecule has 0 aromatic heterocycles. The van der Waals surface area contributed by atoms with Gasteiger partial charge in [0.1, 0.15) is 0 Å². The van der Waals surface area contributed by atoms with Crippen LogP contribution >= 0.6 is 0 Å². The third-order valence-electron chi connectivity index (χ3n) is 4.10. The Labute approximate surface area is 115 Å². The molecule has 0 unspecified atom stereocenters. The van der Waals surface area contributed by atoms with Crippen LogP contribution in [0.3, 0.4) is 0 Å². The monoisotopic (exact) mass is 261 g/mol. The summed E-state index contributed by atoms with van der Waals surface area (Å²) in [6, 6.07) is 6.64. The SMILES string of the molecule is COCCC(=O)N1CCC[C@@H]1c1cccc(C)c1C. The van der Waals surface area contributed by atoms with E-state index < -0.39 is 0 Å².